The Kier molecular flexibility index (Phi) is 5.53. The highest BCUT2D eigenvalue weighted by molar-refractivity contribution is 5.94. The molecule has 96 valence electrons. The number of ether oxygens (including phenoxy) is 1. The van der Waals surface area contributed by atoms with Crippen molar-refractivity contribution in [2.45, 2.75) is 6.04 Å². The lowest BCUT2D eigenvalue weighted by Crippen LogP contribution is -2.43. The van der Waals surface area contributed by atoms with Crippen molar-refractivity contribution in [1.82, 2.24) is 10.3 Å². The number of pyridine rings is 1. The molecule has 1 aromatic rings. The molecular formula is C12H14N2O4. The highest BCUT2D eigenvalue weighted by Crippen LogP contribution is 1.98. The third-order valence-electron chi connectivity index (χ3n) is 2.06. The van der Waals surface area contributed by atoms with Crippen LogP contribution >= 0.6 is 0 Å². The van der Waals surface area contributed by atoms with Gasteiger partial charge in [0.05, 0.1) is 6.61 Å². The van der Waals surface area contributed by atoms with Crippen molar-refractivity contribution in [2.24, 2.45) is 0 Å². The maximum absolute atomic E-state index is 11.5. The average Bonchev–Trinajstić information content (AvgIpc) is 2.37. The number of hydrogen-bond acceptors (Lipinski definition) is 4. The van der Waals surface area contributed by atoms with E-state index in [0.717, 1.165) is 5.56 Å². The van der Waals surface area contributed by atoms with E-state index in [0.29, 0.717) is 0 Å². The molecule has 1 rings (SSSR count). The Bertz CT molecular complexity index is 431. The van der Waals surface area contributed by atoms with E-state index in [4.69, 9.17) is 9.84 Å². The summed E-state index contributed by atoms with van der Waals surface area (Å²) in [5.74, 6) is -1.64. The summed E-state index contributed by atoms with van der Waals surface area (Å²) in [6.45, 7) is -0.0815. The second kappa shape index (κ2) is 7.18. The van der Waals surface area contributed by atoms with E-state index in [9.17, 15) is 9.59 Å². The maximum atomic E-state index is 11.5. The molecule has 1 amide bonds. The van der Waals surface area contributed by atoms with Crippen molar-refractivity contribution < 1.29 is 19.4 Å². The lowest BCUT2D eigenvalue weighted by atomic mass is 10.2. The van der Waals surface area contributed by atoms with E-state index in [1.165, 1.54) is 13.2 Å². The number of carboxylic acid groups (broad SMARTS) is 1. The normalized spacial score (nSPS) is 12.3. The number of amides is 1. The zero-order valence-corrected chi connectivity index (χ0v) is 9.87. The number of carbonyl (C=O) groups is 2. The standard InChI is InChI=1S/C12H14N2O4/c1-18-8-10(12(16)17)14-11(15)5-4-9-3-2-6-13-7-9/h2-7,10H,8H2,1H3,(H,14,15)(H,16,17)/b5-4+. The first kappa shape index (κ1) is 13.9. The second-order valence-corrected chi connectivity index (χ2v) is 3.47. The third kappa shape index (κ3) is 4.75. The number of methoxy groups -OCH3 is 1. The van der Waals surface area contributed by atoms with Crippen LogP contribution in [-0.4, -0.2) is 41.7 Å². The largest absolute Gasteiger partial charge is 0.480 e. The van der Waals surface area contributed by atoms with Gasteiger partial charge in [-0.3, -0.25) is 9.78 Å². The molecule has 0 aromatic carbocycles. The number of aliphatic carboxylic acids is 1. The van der Waals surface area contributed by atoms with Crippen LogP contribution in [0.3, 0.4) is 0 Å². The van der Waals surface area contributed by atoms with Gasteiger partial charge in [0, 0.05) is 25.6 Å². The minimum absolute atomic E-state index is 0.0815. The van der Waals surface area contributed by atoms with Crippen molar-refractivity contribution in [3.8, 4) is 0 Å². The van der Waals surface area contributed by atoms with Gasteiger partial charge in [-0.05, 0) is 17.7 Å². The Balaban J connectivity index is 2.55. The number of nitrogens with one attached hydrogen (secondary N) is 1. The van der Waals surface area contributed by atoms with Crippen molar-refractivity contribution in [3.05, 3.63) is 36.2 Å². The molecule has 18 heavy (non-hydrogen) atoms. The first-order valence-corrected chi connectivity index (χ1v) is 5.24. The molecule has 0 radical (unpaired) electrons. The molecule has 2 N–H and O–H groups in total. The van der Waals surface area contributed by atoms with Gasteiger partial charge in [0.25, 0.3) is 0 Å². The van der Waals surface area contributed by atoms with E-state index in [1.807, 2.05) is 0 Å². The van der Waals surface area contributed by atoms with E-state index in [1.54, 1.807) is 30.6 Å². The number of carboxylic acids is 1. The van der Waals surface area contributed by atoms with Gasteiger partial charge in [0.15, 0.2) is 6.04 Å². The van der Waals surface area contributed by atoms with Crippen molar-refractivity contribution in [2.75, 3.05) is 13.7 Å². The molecule has 6 nitrogen and oxygen atoms in total. The predicted molar refractivity (Wildman–Crippen MR) is 64.7 cm³/mol. The van der Waals surface area contributed by atoms with Gasteiger partial charge in [0.1, 0.15) is 0 Å². The van der Waals surface area contributed by atoms with Crippen LogP contribution in [0.4, 0.5) is 0 Å². The Hall–Kier alpha value is -2.21. The van der Waals surface area contributed by atoms with E-state index in [-0.39, 0.29) is 6.61 Å². The summed E-state index contributed by atoms with van der Waals surface area (Å²) >= 11 is 0. The Labute approximate surface area is 104 Å². The molecule has 0 fully saturated rings. The van der Waals surface area contributed by atoms with Crippen LogP contribution in [0.25, 0.3) is 6.08 Å². The zero-order chi connectivity index (χ0) is 13.4. The molecule has 0 saturated carbocycles. The number of aromatic nitrogens is 1. The number of nitrogens with zero attached hydrogens (tertiary/aromatic N) is 1. The first-order chi connectivity index (χ1) is 8.63. The molecule has 0 aliphatic heterocycles. The average molecular weight is 250 g/mol. The highest BCUT2D eigenvalue weighted by atomic mass is 16.5. The molecule has 1 aromatic heterocycles. The summed E-state index contributed by atoms with van der Waals surface area (Å²) in [7, 11) is 1.37. The van der Waals surface area contributed by atoms with Crippen LogP contribution < -0.4 is 5.32 Å². The Morgan fingerprint density at radius 1 is 1.61 bits per heavy atom. The molecule has 6 heteroatoms. The van der Waals surface area contributed by atoms with Gasteiger partial charge < -0.3 is 15.2 Å². The van der Waals surface area contributed by atoms with Crippen LogP contribution in [0.1, 0.15) is 5.56 Å². The number of hydrogen-bond donors (Lipinski definition) is 2. The summed E-state index contributed by atoms with van der Waals surface area (Å²) in [6, 6.07) is 2.46. The van der Waals surface area contributed by atoms with Crippen molar-refractivity contribution in [1.29, 1.82) is 0 Å². The quantitative estimate of drug-likeness (QED) is 0.709. The fourth-order valence-corrected chi connectivity index (χ4v) is 1.21. The third-order valence-corrected chi connectivity index (χ3v) is 2.06. The molecule has 0 aliphatic carbocycles. The van der Waals surface area contributed by atoms with Crippen LogP contribution in [0.5, 0.6) is 0 Å². The summed E-state index contributed by atoms with van der Waals surface area (Å²) in [5, 5.41) is 11.1. The number of carbonyl (C=O) groups excluding carboxylic acids is 1. The summed E-state index contributed by atoms with van der Waals surface area (Å²) < 4.78 is 4.70. The van der Waals surface area contributed by atoms with Crippen LogP contribution in [0.2, 0.25) is 0 Å². The molecule has 0 bridgehead atoms. The van der Waals surface area contributed by atoms with Gasteiger partial charge in [-0.15, -0.1) is 0 Å². The summed E-state index contributed by atoms with van der Waals surface area (Å²) in [6.07, 6.45) is 6.01. The lowest BCUT2D eigenvalue weighted by Gasteiger charge is -2.11. The fraction of sp³-hybridized carbons (Fsp3) is 0.250. The van der Waals surface area contributed by atoms with Crippen LogP contribution in [0, 0.1) is 0 Å². The van der Waals surface area contributed by atoms with Gasteiger partial charge in [-0.2, -0.15) is 0 Å². The van der Waals surface area contributed by atoms with Gasteiger partial charge in [-0.25, -0.2) is 4.79 Å². The van der Waals surface area contributed by atoms with Gasteiger partial charge in [0.2, 0.25) is 5.91 Å². The lowest BCUT2D eigenvalue weighted by molar-refractivity contribution is -0.142. The molecule has 1 heterocycles. The first-order valence-electron chi connectivity index (χ1n) is 5.24. The van der Waals surface area contributed by atoms with Crippen LogP contribution in [0.15, 0.2) is 30.6 Å². The predicted octanol–water partition coefficient (Wildman–Crippen LogP) is 0.311. The fourth-order valence-electron chi connectivity index (χ4n) is 1.21. The second-order valence-electron chi connectivity index (χ2n) is 3.47. The van der Waals surface area contributed by atoms with E-state index < -0.39 is 17.9 Å². The van der Waals surface area contributed by atoms with Crippen LogP contribution in [-0.2, 0) is 14.3 Å². The molecule has 0 saturated heterocycles. The van der Waals surface area contributed by atoms with E-state index >= 15 is 0 Å². The smallest absolute Gasteiger partial charge is 0.328 e. The summed E-state index contributed by atoms with van der Waals surface area (Å²) in [5.41, 5.74) is 0.756. The monoisotopic (exact) mass is 250 g/mol. The zero-order valence-electron chi connectivity index (χ0n) is 9.87. The van der Waals surface area contributed by atoms with Crippen molar-refractivity contribution in [3.63, 3.8) is 0 Å². The van der Waals surface area contributed by atoms with Gasteiger partial charge in [-0.1, -0.05) is 6.07 Å². The Morgan fingerprint density at radius 2 is 2.39 bits per heavy atom. The molecule has 0 spiro atoms. The molecule has 0 aliphatic rings. The maximum Gasteiger partial charge on any atom is 0.328 e. The minimum Gasteiger partial charge on any atom is -0.480 e. The molecular weight excluding hydrogens is 236 g/mol. The summed E-state index contributed by atoms with van der Waals surface area (Å²) in [4.78, 5) is 26.1. The SMILES string of the molecule is COCC(NC(=O)/C=C/c1cccnc1)C(=O)O. The van der Waals surface area contributed by atoms with E-state index in [2.05, 4.69) is 10.3 Å². The minimum atomic E-state index is -1.14. The number of rotatable bonds is 6. The molecule has 1 atom stereocenters. The highest BCUT2D eigenvalue weighted by Gasteiger charge is 2.18. The van der Waals surface area contributed by atoms with Gasteiger partial charge >= 0.3 is 5.97 Å². The Morgan fingerprint density at radius 3 is 2.94 bits per heavy atom. The van der Waals surface area contributed by atoms with Crippen molar-refractivity contribution >= 4 is 18.0 Å². The topological polar surface area (TPSA) is 88.5 Å². The molecule has 1 unspecified atom stereocenters.